The predicted molar refractivity (Wildman–Crippen MR) is 59.7 cm³/mol. The van der Waals surface area contributed by atoms with Crippen molar-refractivity contribution in [3.05, 3.63) is 46.0 Å². The minimum absolute atomic E-state index is 0. The van der Waals surface area contributed by atoms with Crippen LogP contribution in [0.25, 0.3) is 0 Å². The average molecular weight is 298 g/mol. The van der Waals surface area contributed by atoms with Crippen LogP contribution in [0.1, 0.15) is 5.56 Å². The molecule has 82 valence electrons. The van der Waals surface area contributed by atoms with Gasteiger partial charge in [0.2, 0.25) is 0 Å². The van der Waals surface area contributed by atoms with Crippen molar-refractivity contribution in [1.29, 1.82) is 0 Å². The molecule has 0 bridgehead atoms. The monoisotopic (exact) mass is 297 g/mol. The Hall–Kier alpha value is -0.430. The van der Waals surface area contributed by atoms with Crippen LogP contribution in [0.2, 0.25) is 0 Å². The van der Waals surface area contributed by atoms with Gasteiger partial charge in [-0.15, -0.1) is 5.34 Å². The molecule has 0 aromatic heterocycles. The van der Waals surface area contributed by atoms with Crippen LogP contribution in [-0.4, -0.2) is 15.9 Å². The van der Waals surface area contributed by atoms with Crippen molar-refractivity contribution >= 4 is 21.9 Å². The first kappa shape index (κ1) is 17.9. The van der Waals surface area contributed by atoms with Gasteiger partial charge < -0.3 is 15.2 Å². The SMILES string of the molecule is O=C(O)[C@H](Br)Cc1ccccc1.O=N[O-].[Na+]. The summed E-state index contributed by atoms with van der Waals surface area (Å²) in [4.78, 5) is 18.0. The van der Waals surface area contributed by atoms with Crippen LogP contribution in [0.15, 0.2) is 35.7 Å². The Labute approximate surface area is 123 Å². The van der Waals surface area contributed by atoms with Crippen LogP contribution in [0.3, 0.4) is 0 Å². The van der Waals surface area contributed by atoms with E-state index in [1.54, 1.807) is 0 Å². The first-order valence-electron chi connectivity index (χ1n) is 3.97. The van der Waals surface area contributed by atoms with E-state index in [2.05, 4.69) is 15.9 Å². The molecule has 0 aliphatic carbocycles. The quantitative estimate of drug-likeness (QED) is 0.347. The van der Waals surface area contributed by atoms with Gasteiger partial charge in [0.15, 0.2) is 0 Å². The minimum Gasteiger partial charge on any atom is -0.480 e. The van der Waals surface area contributed by atoms with Gasteiger partial charge in [-0.1, -0.05) is 46.3 Å². The Morgan fingerprint density at radius 1 is 1.44 bits per heavy atom. The first-order valence-corrected chi connectivity index (χ1v) is 4.89. The van der Waals surface area contributed by atoms with Gasteiger partial charge in [-0.2, -0.15) is 0 Å². The maximum Gasteiger partial charge on any atom is 1.00 e. The molecule has 0 saturated heterocycles. The van der Waals surface area contributed by atoms with Crippen LogP contribution in [-0.2, 0) is 11.2 Å². The van der Waals surface area contributed by atoms with Crippen molar-refractivity contribution in [3.63, 3.8) is 0 Å². The molecule has 1 N–H and O–H groups in total. The zero-order chi connectivity index (χ0) is 11.7. The van der Waals surface area contributed by atoms with Crippen molar-refractivity contribution in [3.8, 4) is 0 Å². The smallest absolute Gasteiger partial charge is 0.480 e. The van der Waals surface area contributed by atoms with Gasteiger partial charge in [0.1, 0.15) is 4.83 Å². The molecule has 7 heteroatoms. The second-order valence-electron chi connectivity index (χ2n) is 2.57. The van der Waals surface area contributed by atoms with Gasteiger partial charge in [0.05, 0.1) is 0 Å². The predicted octanol–water partition coefficient (Wildman–Crippen LogP) is -0.668. The van der Waals surface area contributed by atoms with Crippen molar-refractivity contribution < 1.29 is 39.5 Å². The summed E-state index contributed by atoms with van der Waals surface area (Å²) < 4.78 is 0. The molecule has 1 rings (SSSR count). The van der Waals surface area contributed by atoms with Crippen molar-refractivity contribution in [2.45, 2.75) is 11.2 Å². The van der Waals surface area contributed by atoms with Crippen LogP contribution in [0.4, 0.5) is 0 Å². The summed E-state index contributed by atoms with van der Waals surface area (Å²) >= 11 is 3.08. The molecule has 0 fully saturated rings. The van der Waals surface area contributed by atoms with Gasteiger partial charge in [-0.3, -0.25) is 4.79 Å². The number of carboxylic acid groups (broad SMARTS) is 1. The van der Waals surface area contributed by atoms with Crippen LogP contribution < -0.4 is 29.6 Å². The molecule has 0 saturated carbocycles. The number of hydrogen-bond donors (Lipinski definition) is 1. The van der Waals surface area contributed by atoms with E-state index in [0.29, 0.717) is 6.42 Å². The third-order valence-electron chi connectivity index (χ3n) is 1.53. The molecule has 0 unspecified atom stereocenters. The van der Waals surface area contributed by atoms with E-state index in [4.69, 9.17) is 15.2 Å². The topological polar surface area (TPSA) is 89.8 Å². The third kappa shape index (κ3) is 8.84. The van der Waals surface area contributed by atoms with E-state index in [9.17, 15) is 4.79 Å². The van der Waals surface area contributed by atoms with Gasteiger partial charge in [-0.05, 0) is 12.0 Å². The molecule has 1 aromatic rings. The number of nitrogens with zero attached hydrogens (tertiary/aromatic N) is 1. The number of carboxylic acids is 1. The summed E-state index contributed by atoms with van der Waals surface area (Å²) in [6.07, 6.45) is 0.524. The second kappa shape index (κ2) is 11.1. The molecule has 1 aromatic carbocycles. The van der Waals surface area contributed by atoms with E-state index < -0.39 is 10.8 Å². The number of rotatable bonds is 3. The number of halogens is 1. The second-order valence-corrected chi connectivity index (χ2v) is 3.68. The fourth-order valence-corrected chi connectivity index (χ4v) is 1.28. The molecular weight excluding hydrogens is 289 g/mol. The van der Waals surface area contributed by atoms with Crippen molar-refractivity contribution in [2.75, 3.05) is 0 Å². The molecule has 5 nitrogen and oxygen atoms in total. The largest absolute Gasteiger partial charge is 1.00 e. The van der Waals surface area contributed by atoms with E-state index >= 15 is 0 Å². The average Bonchev–Trinajstić information content (AvgIpc) is 2.20. The third-order valence-corrected chi connectivity index (χ3v) is 2.24. The Morgan fingerprint density at radius 3 is 2.25 bits per heavy atom. The van der Waals surface area contributed by atoms with E-state index in [0.717, 1.165) is 10.9 Å². The summed E-state index contributed by atoms with van der Waals surface area (Å²) in [7, 11) is 0. The van der Waals surface area contributed by atoms with Crippen LogP contribution >= 0.6 is 15.9 Å². The van der Waals surface area contributed by atoms with Crippen molar-refractivity contribution in [1.82, 2.24) is 0 Å². The molecule has 16 heavy (non-hydrogen) atoms. The van der Waals surface area contributed by atoms with Gasteiger partial charge >= 0.3 is 35.5 Å². The first-order chi connectivity index (χ1) is 7.11. The summed E-state index contributed by atoms with van der Waals surface area (Å²) in [6.45, 7) is 0. The number of alkyl halides is 1. The molecule has 0 radical (unpaired) electrons. The fourth-order valence-electron chi connectivity index (χ4n) is 0.908. The van der Waals surface area contributed by atoms with Crippen LogP contribution in [0.5, 0.6) is 0 Å². The summed E-state index contributed by atoms with van der Waals surface area (Å²) in [5.41, 5.74) is 1.03. The Morgan fingerprint density at radius 2 is 1.88 bits per heavy atom. The zero-order valence-electron chi connectivity index (χ0n) is 8.67. The molecule has 1 atom stereocenters. The normalized spacial score (nSPS) is 10.1. The molecular formula is C9H9BrNNaO4. The van der Waals surface area contributed by atoms with E-state index in [1.165, 1.54) is 0 Å². The number of aliphatic carboxylic acids is 1. The standard InChI is InChI=1S/C9H9BrO2.HNO2.Na/c10-8(9(11)12)6-7-4-2-1-3-5-7;2-1-3;/h1-5,8H,6H2,(H,11,12);(H,2,3);/q;;+1/p-1/t8-;;/m1../s1. The maximum absolute atomic E-state index is 10.5. The van der Waals surface area contributed by atoms with E-state index in [1.807, 2.05) is 30.3 Å². The summed E-state index contributed by atoms with van der Waals surface area (Å²) in [5.74, 6) is -0.821. The summed E-state index contributed by atoms with van der Waals surface area (Å²) in [5, 5.41) is 17.6. The zero-order valence-corrected chi connectivity index (χ0v) is 12.3. The van der Waals surface area contributed by atoms with Crippen LogP contribution in [0, 0.1) is 10.1 Å². The number of benzene rings is 1. The molecule has 0 aliphatic rings. The van der Waals surface area contributed by atoms with Gasteiger partial charge in [0, 0.05) is 0 Å². The minimum atomic E-state index is -0.821. The fraction of sp³-hybridized carbons (Fsp3) is 0.222. The molecule has 0 amide bonds. The van der Waals surface area contributed by atoms with Gasteiger partial charge in [0.25, 0.3) is 0 Å². The Bertz CT molecular complexity index is 310. The van der Waals surface area contributed by atoms with Crippen molar-refractivity contribution in [2.24, 2.45) is 5.34 Å². The number of carbonyl (C=O) groups is 1. The summed E-state index contributed by atoms with van der Waals surface area (Å²) in [6, 6.07) is 9.54. The number of hydrogen-bond acceptors (Lipinski definition) is 4. The maximum atomic E-state index is 10.5. The molecule has 0 aliphatic heterocycles. The Balaban J connectivity index is 0. The molecule has 0 spiro atoms. The molecule has 0 heterocycles. The van der Waals surface area contributed by atoms with Gasteiger partial charge in [-0.25, -0.2) is 0 Å². The van der Waals surface area contributed by atoms with E-state index in [-0.39, 0.29) is 29.6 Å². The Kier molecular flexibility index (Phi) is 12.4.